The van der Waals surface area contributed by atoms with Crippen molar-refractivity contribution in [2.75, 3.05) is 13.2 Å². The maximum atomic E-state index is 12.0. The number of carbonyl (C=O) groups is 1. The molecule has 0 aromatic heterocycles. The van der Waals surface area contributed by atoms with Crippen molar-refractivity contribution < 1.29 is 9.53 Å². The largest absolute Gasteiger partial charge is 0.484 e. The molecule has 19 heavy (non-hydrogen) atoms. The highest BCUT2D eigenvalue weighted by Crippen LogP contribution is 2.26. The molecular formula is C14H18N2O2S. The molecule has 1 amide bonds. The number of amides is 1. The van der Waals surface area contributed by atoms with Gasteiger partial charge in [0.15, 0.2) is 6.61 Å². The molecule has 0 radical (unpaired) electrons. The zero-order valence-corrected chi connectivity index (χ0v) is 11.8. The van der Waals surface area contributed by atoms with Crippen molar-refractivity contribution in [2.24, 2.45) is 5.73 Å². The van der Waals surface area contributed by atoms with Crippen LogP contribution in [0.3, 0.4) is 0 Å². The van der Waals surface area contributed by atoms with Crippen molar-refractivity contribution in [1.82, 2.24) is 4.90 Å². The lowest BCUT2D eigenvalue weighted by atomic mass is 10.2. The summed E-state index contributed by atoms with van der Waals surface area (Å²) in [7, 11) is 0. The molecule has 0 spiro atoms. The van der Waals surface area contributed by atoms with Gasteiger partial charge in [0.25, 0.3) is 5.91 Å². The van der Waals surface area contributed by atoms with Crippen molar-refractivity contribution in [3.63, 3.8) is 0 Å². The number of thiocarbonyl (C=S) groups is 1. The lowest BCUT2D eigenvalue weighted by Crippen LogP contribution is -2.36. The summed E-state index contributed by atoms with van der Waals surface area (Å²) in [5.74, 6) is 0.698. The summed E-state index contributed by atoms with van der Waals surface area (Å²) in [5, 5.41) is 0. The van der Waals surface area contributed by atoms with E-state index < -0.39 is 0 Å². The molecule has 1 fully saturated rings. The molecule has 1 aromatic carbocycles. The van der Waals surface area contributed by atoms with Crippen molar-refractivity contribution in [3.8, 4) is 5.75 Å². The van der Waals surface area contributed by atoms with E-state index in [1.807, 2.05) is 11.8 Å². The van der Waals surface area contributed by atoms with Crippen molar-refractivity contribution in [2.45, 2.75) is 25.8 Å². The number of benzene rings is 1. The molecule has 5 heteroatoms. The minimum absolute atomic E-state index is 0.0448. The van der Waals surface area contributed by atoms with Gasteiger partial charge in [-0.3, -0.25) is 4.79 Å². The molecule has 1 aliphatic carbocycles. The van der Waals surface area contributed by atoms with Crippen LogP contribution < -0.4 is 10.5 Å². The maximum Gasteiger partial charge on any atom is 0.260 e. The van der Waals surface area contributed by atoms with Gasteiger partial charge in [-0.2, -0.15) is 0 Å². The second-order valence-electron chi connectivity index (χ2n) is 4.59. The number of carbonyl (C=O) groups excluding carboxylic acids is 1. The predicted molar refractivity (Wildman–Crippen MR) is 78.2 cm³/mol. The Morgan fingerprint density at radius 2 is 2.05 bits per heavy atom. The molecule has 1 saturated carbocycles. The van der Waals surface area contributed by atoms with Crippen molar-refractivity contribution in [3.05, 3.63) is 29.8 Å². The zero-order chi connectivity index (χ0) is 13.8. The summed E-state index contributed by atoms with van der Waals surface area (Å²) in [6.07, 6.45) is 2.23. The highest BCUT2D eigenvalue weighted by molar-refractivity contribution is 7.80. The Labute approximate surface area is 118 Å². The minimum atomic E-state index is 0.0448. The van der Waals surface area contributed by atoms with Gasteiger partial charge >= 0.3 is 0 Å². The van der Waals surface area contributed by atoms with Gasteiger partial charge in [0.1, 0.15) is 10.7 Å². The quantitative estimate of drug-likeness (QED) is 0.805. The first-order valence-electron chi connectivity index (χ1n) is 6.44. The van der Waals surface area contributed by atoms with Crippen LogP contribution in [0.2, 0.25) is 0 Å². The van der Waals surface area contributed by atoms with Gasteiger partial charge in [0.2, 0.25) is 0 Å². The number of rotatable bonds is 6. The average Bonchev–Trinajstić information content (AvgIpc) is 3.22. The lowest BCUT2D eigenvalue weighted by Gasteiger charge is -2.20. The fraction of sp³-hybridized carbons (Fsp3) is 0.429. The molecule has 2 rings (SSSR count). The number of nitrogens with zero attached hydrogens (tertiary/aromatic N) is 1. The molecule has 4 nitrogen and oxygen atoms in total. The topological polar surface area (TPSA) is 55.6 Å². The predicted octanol–water partition coefficient (Wildman–Crippen LogP) is 1.71. The normalized spacial score (nSPS) is 13.9. The van der Waals surface area contributed by atoms with Crippen LogP contribution in [0.1, 0.15) is 25.3 Å². The van der Waals surface area contributed by atoms with Gasteiger partial charge in [0.05, 0.1) is 0 Å². The highest BCUT2D eigenvalue weighted by Gasteiger charge is 2.31. The van der Waals surface area contributed by atoms with Crippen LogP contribution in [0.4, 0.5) is 0 Å². The summed E-state index contributed by atoms with van der Waals surface area (Å²) in [6.45, 7) is 2.82. The first-order chi connectivity index (χ1) is 9.11. The van der Waals surface area contributed by atoms with Crippen molar-refractivity contribution >= 4 is 23.1 Å². The fourth-order valence-electron chi connectivity index (χ4n) is 1.97. The Morgan fingerprint density at radius 3 is 2.53 bits per heavy atom. The van der Waals surface area contributed by atoms with E-state index in [-0.39, 0.29) is 12.5 Å². The third-order valence-corrected chi connectivity index (χ3v) is 3.39. The van der Waals surface area contributed by atoms with E-state index in [1.54, 1.807) is 24.3 Å². The van der Waals surface area contributed by atoms with Crippen LogP contribution in [0.15, 0.2) is 24.3 Å². The van der Waals surface area contributed by atoms with Gasteiger partial charge < -0.3 is 15.4 Å². The first-order valence-corrected chi connectivity index (χ1v) is 6.84. The number of hydrogen-bond donors (Lipinski definition) is 1. The van der Waals surface area contributed by atoms with E-state index in [1.165, 1.54) is 0 Å². The summed E-state index contributed by atoms with van der Waals surface area (Å²) in [5.41, 5.74) is 6.31. The molecule has 0 bridgehead atoms. The third-order valence-electron chi connectivity index (χ3n) is 3.15. The van der Waals surface area contributed by atoms with E-state index >= 15 is 0 Å². The Bertz CT molecular complexity index is 469. The minimum Gasteiger partial charge on any atom is -0.484 e. The van der Waals surface area contributed by atoms with Crippen LogP contribution in [-0.2, 0) is 4.79 Å². The second kappa shape index (κ2) is 6.02. The molecule has 2 N–H and O–H groups in total. The molecular weight excluding hydrogens is 260 g/mol. The zero-order valence-electron chi connectivity index (χ0n) is 11.0. The SMILES string of the molecule is CCN(C(=O)COc1ccc(C(N)=S)cc1)C1CC1. The van der Waals surface area contributed by atoms with Gasteiger partial charge in [-0.15, -0.1) is 0 Å². The molecule has 0 heterocycles. The Kier molecular flexibility index (Phi) is 4.37. The Balaban J connectivity index is 1.87. The van der Waals surface area contributed by atoms with Gasteiger partial charge in [-0.05, 0) is 44.0 Å². The van der Waals surface area contributed by atoms with Gasteiger partial charge in [-0.25, -0.2) is 0 Å². The third kappa shape index (κ3) is 3.67. The molecule has 1 aromatic rings. The Hall–Kier alpha value is -1.62. The monoisotopic (exact) mass is 278 g/mol. The van der Waals surface area contributed by atoms with E-state index in [2.05, 4.69) is 0 Å². The number of ether oxygens (including phenoxy) is 1. The fourth-order valence-corrected chi connectivity index (χ4v) is 2.10. The molecule has 0 saturated heterocycles. The van der Waals surface area contributed by atoms with Gasteiger partial charge in [-0.1, -0.05) is 12.2 Å². The number of hydrogen-bond acceptors (Lipinski definition) is 3. The molecule has 0 aliphatic heterocycles. The van der Waals surface area contributed by atoms with Crippen LogP contribution in [0.25, 0.3) is 0 Å². The highest BCUT2D eigenvalue weighted by atomic mass is 32.1. The first kappa shape index (κ1) is 13.8. The smallest absolute Gasteiger partial charge is 0.260 e. The van der Waals surface area contributed by atoms with E-state index in [9.17, 15) is 4.79 Å². The van der Waals surface area contributed by atoms with Crippen LogP contribution >= 0.6 is 12.2 Å². The van der Waals surface area contributed by atoms with E-state index in [0.717, 1.165) is 24.9 Å². The molecule has 0 unspecified atom stereocenters. The Morgan fingerprint density at radius 1 is 1.42 bits per heavy atom. The summed E-state index contributed by atoms with van der Waals surface area (Å²) in [4.78, 5) is 14.2. The summed E-state index contributed by atoms with van der Waals surface area (Å²) in [6, 6.07) is 7.56. The average molecular weight is 278 g/mol. The molecule has 102 valence electrons. The van der Waals surface area contributed by atoms with E-state index in [4.69, 9.17) is 22.7 Å². The number of likely N-dealkylation sites (N-methyl/N-ethyl adjacent to an activating group) is 1. The summed E-state index contributed by atoms with van der Waals surface area (Å²) < 4.78 is 5.49. The molecule has 1 aliphatic rings. The van der Waals surface area contributed by atoms with Gasteiger partial charge in [0, 0.05) is 18.2 Å². The standard InChI is InChI=1S/C14H18N2O2S/c1-2-16(11-5-6-11)13(17)9-18-12-7-3-10(4-8-12)14(15)19/h3-4,7-8,11H,2,5-6,9H2,1H3,(H2,15,19). The maximum absolute atomic E-state index is 12.0. The van der Waals surface area contributed by atoms with Crippen LogP contribution in [-0.4, -0.2) is 35.0 Å². The van der Waals surface area contributed by atoms with E-state index in [0.29, 0.717) is 16.8 Å². The van der Waals surface area contributed by atoms with Crippen LogP contribution in [0.5, 0.6) is 5.75 Å². The second-order valence-corrected chi connectivity index (χ2v) is 5.03. The lowest BCUT2D eigenvalue weighted by molar-refractivity contribution is -0.133. The van der Waals surface area contributed by atoms with Crippen LogP contribution in [0, 0.1) is 0 Å². The number of nitrogens with two attached hydrogens (primary N) is 1. The summed E-state index contributed by atoms with van der Waals surface area (Å²) >= 11 is 4.87. The van der Waals surface area contributed by atoms with Crippen molar-refractivity contribution in [1.29, 1.82) is 0 Å². The molecule has 0 atom stereocenters.